The molecule has 0 bridgehead atoms. The molecule has 1 heterocycles. The normalized spacial score (nSPS) is 19.6. The Morgan fingerprint density at radius 3 is 2.62 bits per heavy atom. The van der Waals surface area contributed by atoms with Crippen molar-refractivity contribution in [1.29, 1.82) is 0 Å². The molecule has 0 N–H and O–H groups in total. The lowest BCUT2D eigenvalue weighted by molar-refractivity contribution is -0.0365. The highest BCUT2D eigenvalue weighted by molar-refractivity contribution is 5.27. The van der Waals surface area contributed by atoms with Crippen molar-refractivity contribution in [2.45, 2.75) is 20.8 Å². The molecule has 0 unspecified atom stereocenters. The summed E-state index contributed by atoms with van der Waals surface area (Å²) in [4.78, 5) is 0. The molecule has 0 amide bonds. The van der Waals surface area contributed by atoms with E-state index in [-0.39, 0.29) is 0 Å². The molecule has 0 radical (unpaired) electrons. The van der Waals surface area contributed by atoms with E-state index >= 15 is 0 Å². The number of rotatable bonds is 1. The number of allylic oxidation sites excluding steroid dienone is 3. The van der Waals surface area contributed by atoms with Gasteiger partial charge in [0.2, 0.25) is 0 Å². The first-order valence-corrected chi connectivity index (χ1v) is 4.56. The van der Waals surface area contributed by atoms with Crippen molar-refractivity contribution in [3.63, 3.8) is 0 Å². The van der Waals surface area contributed by atoms with E-state index in [2.05, 4.69) is 6.58 Å². The van der Waals surface area contributed by atoms with Gasteiger partial charge in [-0.15, -0.1) is 0 Å². The minimum absolute atomic E-state index is 0.336. The van der Waals surface area contributed by atoms with Crippen LogP contribution in [0.25, 0.3) is 0 Å². The third-order valence-corrected chi connectivity index (χ3v) is 1.36. The molecule has 1 fully saturated rings. The Morgan fingerprint density at radius 1 is 1.38 bits per heavy atom. The Morgan fingerprint density at radius 2 is 2.08 bits per heavy atom. The van der Waals surface area contributed by atoms with E-state index < -0.39 is 0 Å². The summed E-state index contributed by atoms with van der Waals surface area (Å²) < 4.78 is 10.2. The van der Waals surface area contributed by atoms with Gasteiger partial charge in [-0.2, -0.15) is 0 Å². The predicted octanol–water partition coefficient (Wildman–Crippen LogP) is 3.03. The standard InChI is InChI=1S/C9H12O2.C2H6/c1-3-4-5-9-8(2)6-10-7-11-9;1-2/h3-5H,2,6-7H2,1H3;1-2H3/b4-3-,9-5+;. The van der Waals surface area contributed by atoms with Gasteiger partial charge in [0, 0.05) is 5.57 Å². The quantitative estimate of drug-likeness (QED) is 0.620. The van der Waals surface area contributed by atoms with Crippen LogP contribution in [-0.2, 0) is 9.47 Å². The zero-order chi connectivity index (χ0) is 10.1. The molecule has 2 heteroatoms. The van der Waals surface area contributed by atoms with Gasteiger partial charge in [0.15, 0.2) is 6.79 Å². The summed E-state index contributed by atoms with van der Waals surface area (Å²) in [6.45, 7) is 10.7. The molecule has 0 aliphatic carbocycles. The third kappa shape index (κ3) is 4.53. The smallest absolute Gasteiger partial charge is 0.189 e. The Kier molecular flexibility index (Phi) is 7.02. The van der Waals surface area contributed by atoms with Crippen molar-refractivity contribution < 1.29 is 9.47 Å². The summed E-state index contributed by atoms with van der Waals surface area (Å²) in [5.74, 6) is 0.828. The zero-order valence-electron chi connectivity index (χ0n) is 8.67. The maximum atomic E-state index is 5.18. The van der Waals surface area contributed by atoms with E-state index in [1.165, 1.54) is 0 Å². The molecule has 1 saturated heterocycles. The maximum Gasteiger partial charge on any atom is 0.189 e. The summed E-state index contributed by atoms with van der Waals surface area (Å²) in [5, 5.41) is 0. The van der Waals surface area contributed by atoms with Crippen LogP contribution in [-0.4, -0.2) is 13.4 Å². The van der Waals surface area contributed by atoms with Gasteiger partial charge < -0.3 is 9.47 Å². The SMILES string of the molecule is C=C1COCO/C1=C/C=C\C.CC. The number of hydrogen-bond acceptors (Lipinski definition) is 2. The van der Waals surface area contributed by atoms with Crippen molar-refractivity contribution in [3.8, 4) is 0 Å². The van der Waals surface area contributed by atoms with Crippen molar-refractivity contribution >= 4 is 0 Å². The molecule has 0 saturated carbocycles. The Bertz CT molecular complexity index is 202. The summed E-state index contributed by atoms with van der Waals surface area (Å²) >= 11 is 0. The van der Waals surface area contributed by atoms with Crippen molar-refractivity contribution in [2.75, 3.05) is 13.4 Å². The van der Waals surface area contributed by atoms with Crippen LogP contribution in [0.3, 0.4) is 0 Å². The van der Waals surface area contributed by atoms with E-state index in [1.807, 2.05) is 39.0 Å². The van der Waals surface area contributed by atoms with Crippen LogP contribution in [0, 0.1) is 0 Å². The van der Waals surface area contributed by atoms with E-state index in [0.717, 1.165) is 11.3 Å². The molecular weight excluding hydrogens is 164 g/mol. The van der Waals surface area contributed by atoms with Gasteiger partial charge in [-0.05, 0) is 13.0 Å². The van der Waals surface area contributed by atoms with Crippen LogP contribution >= 0.6 is 0 Å². The molecule has 0 atom stereocenters. The lowest BCUT2D eigenvalue weighted by atomic mass is 10.2. The molecule has 2 nitrogen and oxygen atoms in total. The van der Waals surface area contributed by atoms with E-state index in [0.29, 0.717) is 13.4 Å². The second-order valence-corrected chi connectivity index (χ2v) is 2.27. The molecule has 0 aromatic carbocycles. The van der Waals surface area contributed by atoms with Crippen molar-refractivity contribution in [2.24, 2.45) is 0 Å². The highest BCUT2D eigenvalue weighted by Gasteiger charge is 2.08. The van der Waals surface area contributed by atoms with Gasteiger partial charge in [0.1, 0.15) is 5.76 Å². The van der Waals surface area contributed by atoms with Crippen molar-refractivity contribution in [1.82, 2.24) is 0 Å². The zero-order valence-corrected chi connectivity index (χ0v) is 8.67. The summed E-state index contributed by atoms with van der Waals surface area (Å²) in [7, 11) is 0. The van der Waals surface area contributed by atoms with Crippen LogP contribution in [0.5, 0.6) is 0 Å². The molecule has 74 valence electrons. The van der Waals surface area contributed by atoms with Crippen LogP contribution in [0.4, 0.5) is 0 Å². The monoisotopic (exact) mass is 182 g/mol. The second kappa shape index (κ2) is 7.62. The Balaban J connectivity index is 0.000000671. The highest BCUT2D eigenvalue weighted by Crippen LogP contribution is 2.14. The van der Waals surface area contributed by atoms with Gasteiger partial charge in [0.05, 0.1) is 6.61 Å². The predicted molar refractivity (Wildman–Crippen MR) is 55.3 cm³/mol. The van der Waals surface area contributed by atoms with Gasteiger partial charge in [-0.3, -0.25) is 0 Å². The first-order valence-electron chi connectivity index (χ1n) is 4.56. The minimum Gasteiger partial charge on any atom is -0.467 e. The molecule has 0 spiro atoms. The Hall–Kier alpha value is -1.02. The fourth-order valence-electron chi connectivity index (χ4n) is 0.793. The van der Waals surface area contributed by atoms with E-state index in [9.17, 15) is 0 Å². The molecule has 1 aliphatic rings. The van der Waals surface area contributed by atoms with Gasteiger partial charge in [-0.25, -0.2) is 0 Å². The van der Waals surface area contributed by atoms with Crippen LogP contribution in [0.1, 0.15) is 20.8 Å². The molecule has 0 aromatic rings. The third-order valence-electron chi connectivity index (χ3n) is 1.36. The van der Waals surface area contributed by atoms with E-state index in [1.54, 1.807) is 0 Å². The minimum atomic E-state index is 0.336. The fourth-order valence-corrected chi connectivity index (χ4v) is 0.793. The topological polar surface area (TPSA) is 18.5 Å². The van der Waals surface area contributed by atoms with E-state index in [4.69, 9.17) is 9.47 Å². The fraction of sp³-hybridized carbons (Fsp3) is 0.455. The second-order valence-electron chi connectivity index (χ2n) is 2.27. The van der Waals surface area contributed by atoms with Crippen LogP contribution in [0.15, 0.2) is 36.1 Å². The Labute approximate surface area is 80.5 Å². The summed E-state index contributed by atoms with van der Waals surface area (Å²) in [5.41, 5.74) is 0.898. The largest absolute Gasteiger partial charge is 0.467 e. The van der Waals surface area contributed by atoms with Gasteiger partial charge >= 0.3 is 0 Å². The molecule has 13 heavy (non-hydrogen) atoms. The summed E-state index contributed by atoms with van der Waals surface area (Å²) in [6, 6.07) is 0. The number of ether oxygens (including phenoxy) is 2. The highest BCUT2D eigenvalue weighted by atomic mass is 16.7. The average molecular weight is 182 g/mol. The first kappa shape index (κ1) is 12.0. The maximum absolute atomic E-state index is 5.18. The average Bonchev–Trinajstić information content (AvgIpc) is 2.20. The number of hydrogen-bond donors (Lipinski definition) is 0. The molecular formula is C11H18O2. The molecule has 1 aliphatic heterocycles. The van der Waals surface area contributed by atoms with Crippen LogP contribution < -0.4 is 0 Å². The molecule has 0 aromatic heterocycles. The molecule has 1 rings (SSSR count). The van der Waals surface area contributed by atoms with Crippen molar-refractivity contribution in [3.05, 3.63) is 36.1 Å². The summed E-state index contributed by atoms with van der Waals surface area (Å²) in [6.07, 6.45) is 5.76. The van der Waals surface area contributed by atoms with Gasteiger partial charge in [0.25, 0.3) is 0 Å². The lowest BCUT2D eigenvalue weighted by Crippen LogP contribution is -2.12. The van der Waals surface area contributed by atoms with Crippen LogP contribution in [0.2, 0.25) is 0 Å². The first-order chi connectivity index (χ1) is 6.34. The lowest BCUT2D eigenvalue weighted by Gasteiger charge is -2.18. The van der Waals surface area contributed by atoms with Gasteiger partial charge in [-0.1, -0.05) is 32.6 Å².